The number of sulfonamides is 1. The summed E-state index contributed by atoms with van der Waals surface area (Å²) in [7, 11) is -3.60. The highest BCUT2D eigenvalue weighted by Crippen LogP contribution is 2.23. The first kappa shape index (κ1) is 21.7. The van der Waals surface area contributed by atoms with Crippen molar-refractivity contribution in [1.29, 1.82) is 0 Å². The molecular formula is C21H17ClF2N2O3S. The number of carbonyl (C=O) groups excluding carboxylic acids is 1. The molecule has 9 heteroatoms. The van der Waals surface area contributed by atoms with Crippen LogP contribution in [0.2, 0.25) is 5.02 Å². The maximum Gasteiger partial charge on any atom is 0.255 e. The summed E-state index contributed by atoms with van der Waals surface area (Å²) in [6, 6.07) is 15.4. The van der Waals surface area contributed by atoms with Gasteiger partial charge in [0.05, 0.1) is 24.2 Å². The van der Waals surface area contributed by atoms with E-state index < -0.39 is 27.6 Å². The summed E-state index contributed by atoms with van der Waals surface area (Å²) in [5.41, 5.74) is 1.11. The van der Waals surface area contributed by atoms with Crippen molar-refractivity contribution in [3.8, 4) is 0 Å². The van der Waals surface area contributed by atoms with Crippen molar-refractivity contribution in [2.24, 2.45) is 0 Å². The summed E-state index contributed by atoms with van der Waals surface area (Å²) in [5.74, 6) is -2.27. The zero-order chi connectivity index (χ0) is 21.9. The highest BCUT2D eigenvalue weighted by molar-refractivity contribution is 7.92. The van der Waals surface area contributed by atoms with Crippen molar-refractivity contribution in [3.05, 3.63) is 94.5 Å². The predicted octanol–water partition coefficient (Wildman–Crippen LogP) is 4.84. The van der Waals surface area contributed by atoms with E-state index >= 15 is 0 Å². The number of anilines is 2. The molecule has 0 spiro atoms. The van der Waals surface area contributed by atoms with Crippen molar-refractivity contribution in [1.82, 2.24) is 0 Å². The largest absolute Gasteiger partial charge is 0.319 e. The van der Waals surface area contributed by atoms with Gasteiger partial charge < -0.3 is 5.32 Å². The molecule has 0 aromatic heterocycles. The highest BCUT2D eigenvalue weighted by Gasteiger charge is 2.19. The van der Waals surface area contributed by atoms with Gasteiger partial charge in [-0.3, -0.25) is 9.10 Å². The van der Waals surface area contributed by atoms with Crippen LogP contribution in [0.1, 0.15) is 15.9 Å². The average Bonchev–Trinajstić information content (AvgIpc) is 2.69. The third kappa shape index (κ3) is 5.34. The Labute approximate surface area is 178 Å². The van der Waals surface area contributed by atoms with Crippen molar-refractivity contribution < 1.29 is 22.0 Å². The fraction of sp³-hybridized carbons (Fsp3) is 0.0952. The van der Waals surface area contributed by atoms with Gasteiger partial charge in [-0.2, -0.15) is 0 Å². The van der Waals surface area contributed by atoms with Gasteiger partial charge in [-0.25, -0.2) is 17.2 Å². The Morgan fingerprint density at radius 1 is 1.00 bits per heavy atom. The maximum absolute atomic E-state index is 13.7. The van der Waals surface area contributed by atoms with Crippen LogP contribution in [0.4, 0.5) is 20.2 Å². The lowest BCUT2D eigenvalue weighted by atomic mass is 10.1. The van der Waals surface area contributed by atoms with E-state index in [0.29, 0.717) is 16.8 Å². The number of benzene rings is 3. The molecule has 0 aliphatic heterocycles. The molecule has 0 bridgehead atoms. The zero-order valence-corrected chi connectivity index (χ0v) is 17.3. The first-order chi connectivity index (χ1) is 14.1. The molecule has 3 aromatic rings. The first-order valence-electron chi connectivity index (χ1n) is 8.72. The highest BCUT2D eigenvalue weighted by atomic mass is 35.5. The summed E-state index contributed by atoms with van der Waals surface area (Å²) in [4.78, 5) is 12.3. The number of nitrogens with zero attached hydrogens (tertiary/aromatic N) is 1. The Balaban J connectivity index is 1.80. The second-order valence-corrected chi connectivity index (χ2v) is 8.86. The van der Waals surface area contributed by atoms with E-state index in [0.717, 1.165) is 24.0 Å². The topological polar surface area (TPSA) is 66.5 Å². The SMILES string of the molecule is CS(=O)(=O)N(Cc1ccc(Cl)cc1)c1ccc(C(=O)Nc2ccc(F)cc2F)cc1. The van der Waals surface area contributed by atoms with Gasteiger partial charge in [0.2, 0.25) is 10.0 Å². The monoisotopic (exact) mass is 450 g/mol. The smallest absolute Gasteiger partial charge is 0.255 e. The standard InChI is InChI=1S/C21H17ClF2N2O3S/c1-30(28,29)26(13-14-2-6-16(22)7-3-14)18-9-4-15(5-10-18)21(27)25-20-11-8-17(23)12-19(20)24/h2-12H,13H2,1H3,(H,25,27). The van der Waals surface area contributed by atoms with Crippen LogP contribution in [0.3, 0.4) is 0 Å². The molecule has 0 saturated heterocycles. The Morgan fingerprint density at radius 3 is 2.20 bits per heavy atom. The molecule has 0 heterocycles. The molecule has 0 radical (unpaired) electrons. The number of halogens is 3. The van der Waals surface area contributed by atoms with Crippen molar-refractivity contribution in [2.45, 2.75) is 6.54 Å². The average molecular weight is 451 g/mol. The molecule has 3 aromatic carbocycles. The van der Waals surface area contributed by atoms with E-state index in [-0.39, 0.29) is 17.8 Å². The third-order valence-corrected chi connectivity index (χ3v) is 5.63. The van der Waals surface area contributed by atoms with E-state index in [4.69, 9.17) is 11.6 Å². The van der Waals surface area contributed by atoms with E-state index in [1.165, 1.54) is 28.6 Å². The molecule has 0 aliphatic rings. The van der Waals surface area contributed by atoms with Gasteiger partial charge in [0, 0.05) is 16.7 Å². The number of hydrogen-bond acceptors (Lipinski definition) is 3. The molecule has 0 saturated carbocycles. The minimum absolute atomic E-state index is 0.0857. The van der Waals surface area contributed by atoms with Crippen LogP contribution in [0.25, 0.3) is 0 Å². The number of hydrogen-bond donors (Lipinski definition) is 1. The van der Waals surface area contributed by atoms with Crippen molar-refractivity contribution in [3.63, 3.8) is 0 Å². The lowest BCUT2D eigenvalue weighted by Crippen LogP contribution is -2.29. The predicted molar refractivity (Wildman–Crippen MR) is 113 cm³/mol. The number of nitrogens with one attached hydrogen (secondary N) is 1. The van der Waals surface area contributed by atoms with Crippen LogP contribution in [0.15, 0.2) is 66.7 Å². The molecule has 0 unspecified atom stereocenters. The van der Waals surface area contributed by atoms with Crippen LogP contribution in [0.5, 0.6) is 0 Å². The van der Waals surface area contributed by atoms with Crippen molar-refractivity contribution in [2.75, 3.05) is 15.9 Å². The molecule has 156 valence electrons. The fourth-order valence-electron chi connectivity index (χ4n) is 2.72. The number of carbonyl (C=O) groups is 1. The number of amides is 1. The molecule has 0 fully saturated rings. The summed E-state index contributed by atoms with van der Waals surface area (Å²) < 4.78 is 52.5. The maximum atomic E-state index is 13.7. The van der Waals surface area contributed by atoms with Gasteiger partial charge in [0.25, 0.3) is 5.91 Å². The van der Waals surface area contributed by atoms with E-state index in [2.05, 4.69) is 5.32 Å². The van der Waals surface area contributed by atoms with E-state index in [1.54, 1.807) is 24.3 Å². The number of rotatable bonds is 6. The van der Waals surface area contributed by atoms with Crippen LogP contribution in [0, 0.1) is 11.6 Å². The minimum Gasteiger partial charge on any atom is -0.319 e. The molecule has 1 amide bonds. The Morgan fingerprint density at radius 2 is 1.63 bits per heavy atom. The summed E-state index contributed by atoms with van der Waals surface area (Å²) >= 11 is 5.87. The fourth-order valence-corrected chi connectivity index (χ4v) is 3.73. The molecular weight excluding hydrogens is 434 g/mol. The van der Waals surface area contributed by atoms with E-state index in [1.807, 2.05) is 0 Å². The van der Waals surface area contributed by atoms with Gasteiger partial charge in [-0.15, -0.1) is 0 Å². The van der Waals surface area contributed by atoms with Crippen molar-refractivity contribution >= 4 is 38.9 Å². The Kier molecular flexibility index (Phi) is 6.38. The minimum atomic E-state index is -3.60. The van der Waals surface area contributed by atoms with E-state index in [9.17, 15) is 22.0 Å². The molecule has 1 N–H and O–H groups in total. The molecule has 30 heavy (non-hydrogen) atoms. The van der Waals surface area contributed by atoms with Crippen LogP contribution in [-0.2, 0) is 16.6 Å². The molecule has 0 atom stereocenters. The second-order valence-electron chi connectivity index (χ2n) is 6.52. The summed E-state index contributed by atoms with van der Waals surface area (Å²) in [6.45, 7) is 0.0857. The van der Waals surface area contributed by atoms with Crippen LogP contribution in [-0.4, -0.2) is 20.6 Å². The van der Waals surface area contributed by atoms with Crippen LogP contribution < -0.4 is 9.62 Å². The van der Waals surface area contributed by atoms with Gasteiger partial charge >= 0.3 is 0 Å². The Hall–Kier alpha value is -2.97. The lowest BCUT2D eigenvalue weighted by molar-refractivity contribution is 0.102. The molecule has 0 aliphatic carbocycles. The van der Waals surface area contributed by atoms with Gasteiger partial charge in [-0.05, 0) is 54.1 Å². The second kappa shape index (κ2) is 8.81. The third-order valence-electron chi connectivity index (χ3n) is 4.24. The van der Waals surface area contributed by atoms with Crippen LogP contribution >= 0.6 is 11.6 Å². The summed E-state index contributed by atoms with van der Waals surface area (Å²) in [5, 5.41) is 2.89. The van der Waals surface area contributed by atoms with Gasteiger partial charge in [0.15, 0.2) is 0 Å². The lowest BCUT2D eigenvalue weighted by Gasteiger charge is -2.23. The quantitative estimate of drug-likeness (QED) is 0.584. The Bertz CT molecular complexity index is 1170. The molecule has 5 nitrogen and oxygen atoms in total. The summed E-state index contributed by atoms with van der Waals surface area (Å²) in [6.07, 6.45) is 1.08. The zero-order valence-electron chi connectivity index (χ0n) is 15.8. The molecule has 3 rings (SSSR count). The first-order valence-corrected chi connectivity index (χ1v) is 10.9. The van der Waals surface area contributed by atoms with Gasteiger partial charge in [0.1, 0.15) is 11.6 Å². The van der Waals surface area contributed by atoms with Gasteiger partial charge in [-0.1, -0.05) is 23.7 Å². The normalized spacial score (nSPS) is 11.2.